The zero-order chi connectivity index (χ0) is 21.7. The smallest absolute Gasteiger partial charge is 0.277 e. The van der Waals surface area contributed by atoms with Gasteiger partial charge in [0.25, 0.3) is 11.8 Å². The number of nitrogens with zero attached hydrogens (tertiary/aromatic N) is 2. The minimum Gasteiger partial charge on any atom is -0.362 e. The van der Waals surface area contributed by atoms with Crippen molar-refractivity contribution in [3.63, 3.8) is 0 Å². The Morgan fingerprint density at radius 3 is 2.20 bits per heavy atom. The predicted molar refractivity (Wildman–Crippen MR) is 117 cm³/mol. The summed E-state index contributed by atoms with van der Waals surface area (Å²) in [4.78, 5) is 41.0. The van der Waals surface area contributed by atoms with Crippen molar-refractivity contribution in [1.82, 2.24) is 9.80 Å². The number of hydrogen-bond acceptors (Lipinski definition) is 4. The largest absolute Gasteiger partial charge is 0.362 e. The fourth-order valence-electron chi connectivity index (χ4n) is 3.62. The molecule has 0 unspecified atom stereocenters. The van der Waals surface area contributed by atoms with Crippen molar-refractivity contribution >= 4 is 29.0 Å². The Hall–Kier alpha value is -3.41. The van der Waals surface area contributed by atoms with E-state index in [4.69, 9.17) is 0 Å². The monoisotopic (exact) mass is 405 g/mol. The zero-order valence-electron chi connectivity index (χ0n) is 17.6. The van der Waals surface area contributed by atoms with E-state index in [1.165, 1.54) is 11.8 Å². The molecule has 3 rings (SSSR count). The fourth-order valence-corrected chi connectivity index (χ4v) is 3.62. The molecule has 156 valence electrons. The van der Waals surface area contributed by atoms with Crippen LogP contribution in [0.3, 0.4) is 0 Å². The molecule has 6 nitrogen and oxygen atoms in total. The van der Waals surface area contributed by atoms with E-state index in [9.17, 15) is 14.4 Å². The Kier molecular flexibility index (Phi) is 6.67. The number of hydrogen-bond donors (Lipinski definition) is 1. The van der Waals surface area contributed by atoms with Crippen LogP contribution in [0.25, 0.3) is 5.57 Å². The van der Waals surface area contributed by atoms with E-state index >= 15 is 0 Å². The van der Waals surface area contributed by atoms with E-state index in [0.29, 0.717) is 48.6 Å². The third kappa shape index (κ3) is 4.43. The first-order valence-electron chi connectivity index (χ1n) is 10.2. The third-order valence-corrected chi connectivity index (χ3v) is 5.00. The normalized spacial score (nSPS) is 13.8. The van der Waals surface area contributed by atoms with Gasteiger partial charge in [-0.15, -0.1) is 0 Å². The molecule has 1 N–H and O–H groups in total. The highest BCUT2D eigenvalue weighted by atomic mass is 16.2. The maximum atomic E-state index is 13.2. The summed E-state index contributed by atoms with van der Waals surface area (Å²) in [6.45, 7) is 6.89. The molecule has 1 aliphatic heterocycles. The average molecular weight is 405 g/mol. The molecule has 0 saturated heterocycles. The molecule has 2 aromatic rings. The molecule has 0 aliphatic carbocycles. The van der Waals surface area contributed by atoms with Gasteiger partial charge >= 0.3 is 0 Å². The summed E-state index contributed by atoms with van der Waals surface area (Å²) in [6.07, 6.45) is 0.699. The van der Waals surface area contributed by atoms with Crippen molar-refractivity contribution in [2.45, 2.75) is 33.7 Å². The van der Waals surface area contributed by atoms with Gasteiger partial charge in [0.2, 0.25) is 5.91 Å². The van der Waals surface area contributed by atoms with Gasteiger partial charge in [-0.25, -0.2) is 0 Å². The number of imide groups is 1. The van der Waals surface area contributed by atoms with Gasteiger partial charge in [0.1, 0.15) is 5.70 Å². The molecular weight excluding hydrogens is 378 g/mol. The van der Waals surface area contributed by atoms with Gasteiger partial charge in [-0.1, -0.05) is 49.4 Å². The van der Waals surface area contributed by atoms with Crippen LogP contribution in [0.1, 0.15) is 38.3 Å². The molecule has 0 saturated carbocycles. The number of amides is 3. The first-order valence-corrected chi connectivity index (χ1v) is 10.2. The summed E-state index contributed by atoms with van der Waals surface area (Å²) < 4.78 is 0. The molecule has 6 heteroatoms. The molecule has 1 aliphatic rings. The molecular formula is C24H27N3O3. The molecule has 3 amide bonds. The van der Waals surface area contributed by atoms with Crippen molar-refractivity contribution < 1.29 is 14.4 Å². The number of rotatable bonds is 8. The maximum absolute atomic E-state index is 13.2. The van der Waals surface area contributed by atoms with Gasteiger partial charge < -0.3 is 10.2 Å². The summed E-state index contributed by atoms with van der Waals surface area (Å²) in [5.41, 5.74) is 3.24. The Bertz CT molecular complexity index is 965. The van der Waals surface area contributed by atoms with E-state index in [1.807, 2.05) is 49.1 Å². The Morgan fingerprint density at radius 2 is 1.63 bits per heavy atom. The van der Waals surface area contributed by atoms with Gasteiger partial charge in [0.05, 0.1) is 5.57 Å². The van der Waals surface area contributed by atoms with Crippen molar-refractivity contribution in [2.75, 3.05) is 18.4 Å². The molecule has 0 fully saturated rings. The van der Waals surface area contributed by atoms with Crippen LogP contribution in [0.5, 0.6) is 0 Å². The lowest BCUT2D eigenvalue weighted by Gasteiger charge is -2.25. The summed E-state index contributed by atoms with van der Waals surface area (Å²) >= 11 is 0. The van der Waals surface area contributed by atoms with Crippen LogP contribution in [0.4, 0.5) is 5.69 Å². The highest BCUT2D eigenvalue weighted by Crippen LogP contribution is 2.33. The topological polar surface area (TPSA) is 69.7 Å². The van der Waals surface area contributed by atoms with Gasteiger partial charge in [0, 0.05) is 32.2 Å². The van der Waals surface area contributed by atoms with Crippen molar-refractivity contribution in [2.24, 2.45) is 0 Å². The molecule has 0 bridgehead atoms. The maximum Gasteiger partial charge on any atom is 0.277 e. The Balaban J connectivity index is 2.04. The molecule has 1 heterocycles. The standard InChI is InChI=1S/C24H27N3O3/c1-4-15-27-23(29)21(19-11-13-20(14-12-19)25-17(3)28)22(24(27)30)26(5-2)16-18-9-7-6-8-10-18/h6-14H,4-5,15-16H2,1-3H3,(H,25,28). The number of carbonyl (C=O) groups is 3. The number of nitrogens with one attached hydrogen (secondary N) is 1. The minimum atomic E-state index is -0.268. The second-order valence-electron chi connectivity index (χ2n) is 7.24. The first-order chi connectivity index (χ1) is 14.5. The Labute approximate surface area is 177 Å². The molecule has 0 spiro atoms. The first kappa shape index (κ1) is 21.3. The molecule has 2 aromatic carbocycles. The van der Waals surface area contributed by atoms with Crippen LogP contribution in [0.2, 0.25) is 0 Å². The highest BCUT2D eigenvalue weighted by Gasteiger charge is 2.40. The predicted octanol–water partition coefficient (Wildman–Crippen LogP) is 3.66. The lowest BCUT2D eigenvalue weighted by atomic mass is 10.0. The zero-order valence-corrected chi connectivity index (χ0v) is 17.6. The second kappa shape index (κ2) is 9.39. The van der Waals surface area contributed by atoms with Crippen LogP contribution in [0, 0.1) is 0 Å². The van der Waals surface area contributed by atoms with E-state index in [0.717, 1.165) is 5.56 Å². The summed E-state index contributed by atoms with van der Waals surface area (Å²) in [6, 6.07) is 16.9. The van der Waals surface area contributed by atoms with E-state index in [2.05, 4.69) is 5.32 Å². The van der Waals surface area contributed by atoms with Gasteiger partial charge in [-0.2, -0.15) is 0 Å². The second-order valence-corrected chi connectivity index (χ2v) is 7.24. The average Bonchev–Trinajstić information content (AvgIpc) is 2.98. The van der Waals surface area contributed by atoms with Crippen molar-refractivity contribution in [3.05, 3.63) is 71.4 Å². The molecule has 0 aromatic heterocycles. The van der Waals surface area contributed by atoms with Crippen molar-refractivity contribution in [1.29, 1.82) is 0 Å². The van der Waals surface area contributed by atoms with Crippen LogP contribution in [-0.4, -0.2) is 40.6 Å². The highest BCUT2D eigenvalue weighted by molar-refractivity contribution is 6.35. The van der Waals surface area contributed by atoms with E-state index in [-0.39, 0.29) is 17.7 Å². The van der Waals surface area contributed by atoms with E-state index < -0.39 is 0 Å². The summed E-state index contributed by atoms with van der Waals surface area (Å²) in [7, 11) is 0. The van der Waals surface area contributed by atoms with Gasteiger partial charge in [0.15, 0.2) is 0 Å². The van der Waals surface area contributed by atoms with Gasteiger partial charge in [-0.05, 0) is 36.6 Å². The molecule has 30 heavy (non-hydrogen) atoms. The van der Waals surface area contributed by atoms with E-state index in [1.54, 1.807) is 24.3 Å². The third-order valence-electron chi connectivity index (χ3n) is 5.00. The molecule has 0 radical (unpaired) electrons. The SMILES string of the molecule is CCCN1C(=O)C(c2ccc(NC(C)=O)cc2)=C(N(CC)Cc2ccccc2)C1=O. The number of carbonyl (C=O) groups excluding carboxylic acids is 3. The van der Waals surface area contributed by atoms with Crippen LogP contribution in [-0.2, 0) is 20.9 Å². The molecule has 0 atom stereocenters. The van der Waals surface area contributed by atoms with Crippen LogP contribution >= 0.6 is 0 Å². The van der Waals surface area contributed by atoms with Crippen LogP contribution < -0.4 is 5.32 Å². The minimum absolute atomic E-state index is 0.163. The van der Waals surface area contributed by atoms with Gasteiger partial charge in [-0.3, -0.25) is 19.3 Å². The fraction of sp³-hybridized carbons (Fsp3) is 0.292. The lowest BCUT2D eigenvalue weighted by Crippen LogP contribution is -2.35. The number of likely N-dealkylation sites (N-methyl/N-ethyl adjacent to an activating group) is 1. The number of anilines is 1. The number of benzene rings is 2. The summed E-state index contributed by atoms with van der Waals surface area (Å²) in [5, 5.41) is 2.72. The Morgan fingerprint density at radius 1 is 0.967 bits per heavy atom. The quantitative estimate of drug-likeness (QED) is 0.681. The van der Waals surface area contributed by atoms with Crippen LogP contribution in [0.15, 0.2) is 60.3 Å². The summed E-state index contributed by atoms with van der Waals surface area (Å²) in [5.74, 6) is -0.680. The van der Waals surface area contributed by atoms with Crippen molar-refractivity contribution in [3.8, 4) is 0 Å². The lowest BCUT2D eigenvalue weighted by molar-refractivity contribution is -0.137.